The van der Waals surface area contributed by atoms with E-state index in [0.29, 0.717) is 53.1 Å². The van der Waals surface area contributed by atoms with Crippen molar-refractivity contribution in [2.24, 2.45) is 13.0 Å². The van der Waals surface area contributed by atoms with E-state index in [1.54, 1.807) is 25.2 Å². The molecule has 0 bridgehead atoms. The molecule has 18 heteroatoms. The van der Waals surface area contributed by atoms with Crippen molar-refractivity contribution in [1.82, 2.24) is 34.3 Å². The van der Waals surface area contributed by atoms with Gasteiger partial charge in [0.1, 0.15) is 23.4 Å². The lowest BCUT2D eigenvalue weighted by molar-refractivity contribution is -0.141. The number of para-hydroxylation sites is 1. The highest BCUT2D eigenvalue weighted by Crippen LogP contribution is 2.41. The Hall–Kier alpha value is -5.49. The van der Waals surface area contributed by atoms with Crippen LogP contribution in [-0.4, -0.2) is 77.6 Å². The Kier molecular flexibility index (Phi) is 10.4. The van der Waals surface area contributed by atoms with E-state index in [1.165, 1.54) is 29.0 Å². The zero-order valence-corrected chi connectivity index (χ0v) is 32.7. The Morgan fingerprint density at radius 1 is 1.03 bits per heavy atom. The number of imide groups is 1. The van der Waals surface area contributed by atoms with Crippen LogP contribution in [0.25, 0.3) is 22.1 Å². The number of piperidine rings is 2. The van der Waals surface area contributed by atoms with E-state index in [1.807, 2.05) is 6.07 Å². The molecule has 59 heavy (non-hydrogen) atoms. The second-order valence-electron chi connectivity index (χ2n) is 16.5. The van der Waals surface area contributed by atoms with Gasteiger partial charge >= 0.3 is 11.9 Å². The van der Waals surface area contributed by atoms with E-state index in [9.17, 15) is 37.5 Å². The average molecular weight is 821 g/mol. The zero-order chi connectivity index (χ0) is 42.0. The minimum Gasteiger partial charge on any atom is -0.440 e. The maximum absolute atomic E-state index is 16.2. The zero-order valence-electron chi connectivity index (χ0n) is 32.7. The van der Waals surface area contributed by atoms with Crippen LogP contribution in [0.5, 0.6) is 0 Å². The van der Waals surface area contributed by atoms with Gasteiger partial charge in [-0.15, -0.1) is 0 Å². The van der Waals surface area contributed by atoms with Crippen LogP contribution in [0, 0.1) is 5.92 Å². The molecule has 3 fully saturated rings. The fourth-order valence-electron chi connectivity index (χ4n) is 9.01. The fraction of sp³-hybridized carbons (Fsp3) is 0.488. The summed E-state index contributed by atoms with van der Waals surface area (Å²) in [7, 11) is 1.63. The van der Waals surface area contributed by atoms with Crippen molar-refractivity contribution in [2.75, 3.05) is 25.0 Å². The predicted molar refractivity (Wildman–Crippen MR) is 206 cm³/mol. The standard InChI is InChI=1S/C41H44F4N8O6/c1-40(2,58)25-15-28-32(16-27(25)48-36(55)29-17-46-18-33(47-29)41(43,44)45)59-38(49-28)22-9-7-21(8-10-22)19-52-14-13-23(26(42)20-52)24-5-4-6-30-35(24)51(3)39(57)53(30)31-11-12-34(54)50-37(31)56/h4-6,15-18,21-23,26,31,58H,7-14,19-20H2,1-3H3,(H,48,55)(H,50,54,56)/t21?,22?,23-,26+,31?/m0/s1. The number of alkyl halides is 4. The quantitative estimate of drug-likeness (QED) is 0.127. The number of amides is 3. The van der Waals surface area contributed by atoms with Crippen molar-refractivity contribution in [3.63, 3.8) is 0 Å². The summed E-state index contributed by atoms with van der Waals surface area (Å²) in [6, 6.07) is 7.67. The fourth-order valence-corrected chi connectivity index (χ4v) is 9.01. The van der Waals surface area contributed by atoms with Crippen molar-refractivity contribution in [1.29, 1.82) is 0 Å². The van der Waals surface area contributed by atoms with Crippen LogP contribution >= 0.6 is 0 Å². The molecule has 5 heterocycles. The molecule has 1 saturated carbocycles. The number of carbonyl (C=O) groups excluding carboxylic acids is 3. The molecule has 14 nitrogen and oxygen atoms in total. The van der Waals surface area contributed by atoms with Gasteiger partial charge in [0.2, 0.25) is 11.8 Å². The van der Waals surface area contributed by atoms with E-state index < -0.39 is 53.1 Å². The molecule has 2 aliphatic heterocycles. The molecule has 3 amide bonds. The minimum absolute atomic E-state index is 0.00179. The van der Waals surface area contributed by atoms with Crippen molar-refractivity contribution in [3.8, 4) is 0 Å². The third-order valence-corrected chi connectivity index (χ3v) is 12.0. The van der Waals surface area contributed by atoms with Crippen LogP contribution in [0.15, 0.2) is 51.9 Å². The number of halogens is 4. The van der Waals surface area contributed by atoms with Crippen molar-refractivity contribution in [3.05, 3.63) is 81.6 Å². The molecule has 3 atom stereocenters. The number of imidazole rings is 1. The highest BCUT2D eigenvalue weighted by molar-refractivity contribution is 6.04. The Bertz CT molecular complexity index is 2510. The largest absolute Gasteiger partial charge is 0.440 e. The Balaban J connectivity index is 0.912. The molecule has 0 radical (unpaired) electrons. The number of anilines is 1. The number of oxazole rings is 1. The SMILES string of the molecule is Cn1c(=O)n(C2CCC(=O)NC2=O)c2cccc([C@@H]3CCN(CC4CCC(c5nc6cc(C(C)(C)O)c(NC(=O)c7cncc(C(F)(F)F)n7)cc6o5)CC4)C[C@H]3F)c21. The highest BCUT2D eigenvalue weighted by Gasteiger charge is 2.37. The van der Waals surface area contributed by atoms with E-state index in [2.05, 4.69) is 25.5 Å². The van der Waals surface area contributed by atoms with Crippen LogP contribution < -0.4 is 16.3 Å². The van der Waals surface area contributed by atoms with E-state index in [0.717, 1.165) is 44.0 Å². The van der Waals surface area contributed by atoms with E-state index >= 15 is 4.39 Å². The Morgan fingerprint density at radius 2 is 1.80 bits per heavy atom. The van der Waals surface area contributed by atoms with Gasteiger partial charge in [0.05, 0.1) is 34.7 Å². The average Bonchev–Trinajstić information content (AvgIpc) is 3.71. The third kappa shape index (κ3) is 7.87. The van der Waals surface area contributed by atoms with Crippen LogP contribution in [-0.2, 0) is 28.4 Å². The molecule has 1 unspecified atom stereocenters. The van der Waals surface area contributed by atoms with Gasteiger partial charge in [-0.1, -0.05) is 12.1 Å². The molecular formula is C41H44F4N8O6. The summed E-state index contributed by atoms with van der Waals surface area (Å²) in [4.78, 5) is 64.7. The Morgan fingerprint density at radius 3 is 2.49 bits per heavy atom. The summed E-state index contributed by atoms with van der Waals surface area (Å²) < 4.78 is 64.9. The van der Waals surface area contributed by atoms with Crippen molar-refractivity contribution in [2.45, 2.75) is 94.6 Å². The number of aryl methyl sites for hydroxylation is 1. The second-order valence-corrected chi connectivity index (χ2v) is 16.5. The normalized spacial score (nSPS) is 23.5. The third-order valence-electron chi connectivity index (χ3n) is 12.0. The summed E-state index contributed by atoms with van der Waals surface area (Å²) in [5.41, 5.74) is -0.634. The molecule has 312 valence electrons. The topological polar surface area (TPSA) is 177 Å². The first kappa shape index (κ1) is 40.3. The Labute approximate surface area is 335 Å². The number of likely N-dealkylation sites (tertiary alicyclic amines) is 1. The van der Waals surface area contributed by atoms with Gasteiger partial charge in [-0.25, -0.2) is 19.2 Å². The number of rotatable bonds is 8. The summed E-state index contributed by atoms with van der Waals surface area (Å²) in [5, 5.41) is 15.8. The van der Waals surface area contributed by atoms with Gasteiger partial charge in [-0.3, -0.25) is 33.8 Å². The highest BCUT2D eigenvalue weighted by atomic mass is 19.4. The number of carbonyl (C=O) groups is 3. The number of hydrogen-bond donors (Lipinski definition) is 3. The molecule has 2 aromatic carbocycles. The molecule has 3 aliphatic rings. The number of fused-ring (bicyclic) bond motifs is 2. The molecule has 8 rings (SSSR count). The maximum Gasteiger partial charge on any atom is 0.434 e. The maximum atomic E-state index is 16.2. The number of hydrogen-bond acceptors (Lipinski definition) is 10. The van der Waals surface area contributed by atoms with Crippen LogP contribution in [0.2, 0.25) is 0 Å². The first-order chi connectivity index (χ1) is 28.0. The minimum atomic E-state index is -4.79. The number of nitrogens with one attached hydrogen (secondary N) is 2. The molecular weight excluding hydrogens is 776 g/mol. The summed E-state index contributed by atoms with van der Waals surface area (Å²) in [6.07, 6.45) is -0.321. The van der Waals surface area contributed by atoms with Crippen LogP contribution in [0.3, 0.4) is 0 Å². The lowest BCUT2D eigenvalue weighted by Crippen LogP contribution is -2.44. The van der Waals surface area contributed by atoms with Crippen LogP contribution in [0.1, 0.15) is 110 Å². The van der Waals surface area contributed by atoms with Crippen LogP contribution in [0.4, 0.5) is 23.2 Å². The van der Waals surface area contributed by atoms with Crippen molar-refractivity contribution >= 4 is 45.5 Å². The van der Waals surface area contributed by atoms with Gasteiger partial charge in [0, 0.05) is 50.0 Å². The van der Waals surface area contributed by atoms with Gasteiger partial charge in [0.15, 0.2) is 17.2 Å². The van der Waals surface area contributed by atoms with Gasteiger partial charge in [0.25, 0.3) is 5.91 Å². The molecule has 3 N–H and O–H groups in total. The lowest BCUT2D eigenvalue weighted by atomic mass is 9.81. The first-order valence-corrected chi connectivity index (χ1v) is 19.7. The van der Waals surface area contributed by atoms with Gasteiger partial charge < -0.3 is 19.7 Å². The number of aliphatic hydroxyl groups is 1. The first-order valence-electron chi connectivity index (χ1n) is 19.7. The summed E-state index contributed by atoms with van der Waals surface area (Å²) >= 11 is 0. The van der Waals surface area contributed by atoms with E-state index in [4.69, 9.17) is 9.40 Å². The summed E-state index contributed by atoms with van der Waals surface area (Å²) in [5.74, 6) is -1.43. The second kappa shape index (κ2) is 15.3. The molecule has 2 saturated heterocycles. The molecule has 0 spiro atoms. The van der Waals surface area contributed by atoms with Crippen molar-refractivity contribution < 1.29 is 41.5 Å². The predicted octanol–water partition coefficient (Wildman–Crippen LogP) is 5.85. The van der Waals surface area contributed by atoms with Gasteiger partial charge in [-0.2, -0.15) is 13.2 Å². The smallest absolute Gasteiger partial charge is 0.434 e. The number of nitrogens with zero attached hydrogens (tertiary/aromatic N) is 6. The molecule has 3 aromatic heterocycles. The molecule has 5 aromatic rings. The summed E-state index contributed by atoms with van der Waals surface area (Å²) in [6.45, 7) is 4.68. The number of aromatic nitrogens is 5. The number of benzene rings is 2. The monoisotopic (exact) mass is 820 g/mol. The molecule has 1 aliphatic carbocycles. The van der Waals surface area contributed by atoms with Gasteiger partial charge in [-0.05, 0) is 82.5 Å². The lowest BCUT2D eigenvalue weighted by Gasteiger charge is -2.38. The van der Waals surface area contributed by atoms with E-state index in [-0.39, 0.29) is 48.2 Å².